The number of halogens is 3. The van der Waals surface area contributed by atoms with Crippen LogP contribution in [0.4, 0.5) is 14.5 Å². The molecule has 21 heavy (non-hydrogen) atoms. The van der Waals surface area contributed by atoms with Crippen molar-refractivity contribution in [3.8, 4) is 0 Å². The first-order valence-corrected chi connectivity index (χ1v) is 7.29. The van der Waals surface area contributed by atoms with Crippen LogP contribution in [0.2, 0.25) is 0 Å². The second-order valence-electron chi connectivity index (χ2n) is 4.76. The number of anilines is 1. The van der Waals surface area contributed by atoms with Gasteiger partial charge in [-0.05, 0) is 47.2 Å². The van der Waals surface area contributed by atoms with Gasteiger partial charge < -0.3 is 5.32 Å². The molecular formula is C17H12BrF2N. The molecule has 0 aliphatic rings. The monoisotopic (exact) mass is 347 g/mol. The van der Waals surface area contributed by atoms with Crippen LogP contribution in [0, 0.1) is 11.6 Å². The van der Waals surface area contributed by atoms with Crippen LogP contribution in [-0.4, -0.2) is 0 Å². The van der Waals surface area contributed by atoms with Gasteiger partial charge in [0.1, 0.15) is 11.6 Å². The lowest BCUT2D eigenvalue weighted by molar-refractivity contribution is 0.560. The van der Waals surface area contributed by atoms with Gasteiger partial charge in [-0.3, -0.25) is 0 Å². The van der Waals surface area contributed by atoms with Gasteiger partial charge in [0.2, 0.25) is 0 Å². The van der Waals surface area contributed by atoms with Gasteiger partial charge in [-0.25, -0.2) is 8.78 Å². The quantitative estimate of drug-likeness (QED) is 0.660. The molecule has 0 bridgehead atoms. The first-order valence-electron chi connectivity index (χ1n) is 6.49. The molecule has 0 amide bonds. The average Bonchev–Trinajstić information content (AvgIpc) is 2.47. The highest BCUT2D eigenvalue weighted by molar-refractivity contribution is 9.10. The topological polar surface area (TPSA) is 12.0 Å². The van der Waals surface area contributed by atoms with Crippen molar-refractivity contribution < 1.29 is 8.78 Å². The second kappa shape index (κ2) is 5.82. The molecule has 0 heterocycles. The lowest BCUT2D eigenvalue weighted by atomic mass is 10.1. The van der Waals surface area contributed by atoms with Gasteiger partial charge in [-0.15, -0.1) is 0 Å². The summed E-state index contributed by atoms with van der Waals surface area (Å²) in [6.45, 7) is 0.112. The summed E-state index contributed by atoms with van der Waals surface area (Å²) in [7, 11) is 0. The van der Waals surface area contributed by atoms with Crippen molar-refractivity contribution in [2.24, 2.45) is 0 Å². The van der Waals surface area contributed by atoms with E-state index in [-0.39, 0.29) is 12.1 Å². The summed E-state index contributed by atoms with van der Waals surface area (Å²) in [6.07, 6.45) is 0. The van der Waals surface area contributed by atoms with Gasteiger partial charge in [0.25, 0.3) is 0 Å². The molecule has 0 fully saturated rings. The zero-order valence-corrected chi connectivity index (χ0v) is 12.6. The molecule has 0 unspecified atom stereocenters. The average molecular weight is 348 g/mol. The van der Waals surface area contributed by atoms with Crippen molar-refractivity contribution in [2.45, 2.75) is 6.54 Å². The lowest BCUT2D eigenvalue weighted by Crippen LogP contribution is -2.04. The summed E-state index contributed by atoms with van der Waals surface area (Å²) in [5.41, 5.74) is 0.876. The van der Waals surface area contributed by atoms with E-state index >= 15 is 0 Å². The van der Waals surface area contributed by atoms with E-state index in [0.717, 1.165) is 20.9 Å². The summed E-state index contributed by atoms with van der Waals surface area (Å²) >= 11 is 3.43. The number of fused-ring (bicyclic) bond motifs is 1. The van der Waals surface area contributed by atoms with Crippen LogP contribution in [0.15, 0.2) is 59.1 Å². The fourth-order valence-corrected chi connectivity index (χ4v) is 2.60. The van der Waals surface area contributed by atoms with Crippen LogP contribution in [0.5, 0.6) is 0 Å². The smallest absolute Gasteiger partial charge is 0.131 e. The Hall–Kier alpha value is -1.94. The molecule has 1 nitrogen and oxygen atoms in total. The molecule has 0 radical (unpaired) electrons. The number of rotatable bonds is 3. The summed E-state index contributed by atoms with van der Waals surface area (Å²) < 4.78 is 28.1. The van der Waals surface area contributed by atoms with Gasteiger partial charge in [-0.1, -0.05) is 34.1 Å². The third kappa shape index (κ3) is 3.05. The predicted octanol–water partition coefficient (Wildman–Crippen LogP) is 5.49. The Labute approximate surface area is 129 Å². The second-order valence-corrected chi connectivity index (χ2v) is 5.68. The Morgan fingerprint density at radius 3 is 2.29 bits per heavy atom. The van der Waals surface area contributed by atoms with Crippen molar-refractivity contribution in [2.75, 3.05) is 5.32 Å². The maximum absolute atomic E-state index is 13.6. The molecular weight excluding hydrogens is 336 g/mol. The Morgan fingerprint density at radius 2 is 1.52 bits per heavy atom. The Bertz CT molecular complexity index is 782. The van der Waals surface area contributed by atoms with Crippen LogP contribution >= 0.6 is 15.9 Å². The molecule has 3 rings (SSSR count). The minimum atomic E-state index is -0.535. The number of hydrogen-bond acceptors (Lipinski definition) is 1. The zero-order valence-electron chi connectivity index (χ0n) is 11.0. The molecule has 0 aromatic heterocycles. The molecule has 4 heteroatoms. The lowest BCUT2D eigenvalue weighted by Gasteiger charge is -2.09. The molecule has 3 aromatic rings. The van der Waals surface area contributed by atoms with E-state index in [4.69, 9.17) is 0 Å². The highest BCUT2D eigenvalue weighted by Gasteiger charge is 2.07. The van der Waals surface area contributed by atoms with Crippen molar-refractivity contribution >= 4 is 32.4 Å². The maximum atomic E-state index is 13.6. The Balaban J connectivity index is 1.84. The molecule has 1 N–H and O–H groups in total. The molecule has 0 atom stereocenters. The summed E-state index contributed by atoms with van der Waals surface area (Å²) in [4.78, 5) is 0. The standard InChI is InChI=1S/C17H12BrF2N/c18-13-6-4-12-9-14(7-5-11(12)8-13)21-10-15-16(19)2-1-3-17(15)20/h1-9,21H,10H2. The molecule has 0 aliphatic heterocycles. The number of hydrogen-bond donors (Lipinski definition) is 1. The highest BCUT2D eigenvalue weighted by atomic mass is 79.9. The highest BCUT2D eigenvalue weighted by Crippen LogP contribution is 2.23. The van der Waals surface area contributed by atoms with Crippen molar-refractivity contribution in [1.82, 2.24) is 0 Å². The summed E-state index contributed by atoms with van der Waals surface area (Å²) in [6, 6.07) is 15.7. The zero-order chi connectivity index (χ0) is 14.8. The van der Waals surface area contributed by atoms with Crippen LogP contribution in [-0.2, 0) is 6.54 Å². The van der Waals surface area contributed by atoms with Crippen LogP contribution < -0.4 is 5.32 Å². The molecule has 3 aromatic carbocycles. The van der Waals surface area contributed by atoms with E-state index in [9.17, 15) is 8.78 Å². The van der Waals surface area contributed by atoms with Crippen LogP contribution in [0.3, 0.4) is 0 Å². The largest absolute Gasteiger partial charge is 0.381 e. The first-order chi connectivity index (χ1) is 10.1. The summed E-state index contributed by atoms with van der Waals surface area (Å²) in [5, 5.41) is 5.23. The van der Waals surface area contributed by atoms with Crippen molar-refractivity contribution in [3.63, 3.8) is 0 Å². The number of nitrogens with one attached hydrogen (secondary N) is 1. The Kier molecular flexibility index (Phi) is 3.88. The van der Waals surface area contributed by atoms with Crippen molar-refractivity contribution in [3.05, 3.63) is 76.3 Å². The van der Waals surface area contributed by atoms with E-state index in [1.807, 2.05) is 36.4 Å². The minimum absolute atomic E-state index is 0.0494. The number of benzene rings is 3. The maximum Gasteiger partial charge on any atom is 0.131 e. The van der Waals surface area contributed by atoms with Crippen molar-refractivity contribution in [1.29, 1.82) is 0 Å². The van der Waals surface area contributed by atoms with E-state index in [0.29, 0.717) is 0 Å². The first kappa shape index (κ1) is 14.0. The molecule has 0 saturated carbocycles. The molecule has 106 valence electrons. The van der Waals surface area contributed by atoms with Gasteiger partial charge in [0.15, 0.2) is 0 Å². The fourth-order valence-electron chi connectivity index (χ4n) is 2.22. The molecule has 0 saturated heterocycles. The molecule has 0 spiro atoms. The fraction of sp³-hybridized carbons (Fsp3) is 0.0588. The van der Waals surface area contributed by atoms with E-state index in [1.165, 1.54) is 18.2 Å². The van der Waals surface area contributed by atoms with E-state index in [2.05, 4.69) is 21.2 Å². The van der Waals surface area contributed by atoms with Crippen LogP contribution in [0.1, 0.15) is 5.56 Å². The normalized spacial score (nSPS) is 10.8. The van der Waals surface area contributed by atoms with Gasteiger partial charge in [0.05, 0.1) is 0 Å². The minimum Gasteiger partial charge on any atom is -0.381 e. The molecule has 0 aliphatic carbocycles. The van der Waals surface area contributed by atoms with E-state index in [1.54, 1.807) is 0 Å². The third-order valence-electron chi connectivity index (χ3n) is 3.33. The van der Waals surface area contributed by atoms with E-state index < -0.39 is 11.6 Å². The third-order valence-corrected chi connectivity index (χ3v) is 3.83. The Morgan fingerprint density at radius 1 is 0.857 bits per heavy atom. The van der Waals surface area contributed by atoms with Gasteiger partial charge >= 0.3 is 0 Å². The van der Waals surface area contributed by atoms with Crippen LogP contribution in [0.25, 0.3) is 10.8 Å². The van der Waals surface area contributed by atoms with Gasteiger partial charge in [0, 0.05) is 22.3 Å². The van der Waals surface area contributed by atoms with Gasteiger partial charge in [-0.2, -0.15) is 0 Å². The SMILES string of the molecule is Fc1cccc(F)c1CNc1ccc2cc(Br)ccc2c1. The summed E-state index contributed by atoms with van der Waals surface area (Å²) in [5.74, 6) is -1.07. The predicted molar refractivity (Wildman–Crippen MR) is 85.3 cm³/mol.